The lowest BCUT2D eigenvalue weighted by Gasteiger charge is -2.45. The molecule has 3 aromatic carbocycles. The number of hydrogen-bond donors (Lipinski definition) is 0. The number of hydrogen-bond acceptors (Lipinski definition) is 7. The van der Waals surface area contributed by atoms with Gasteiger partial charge in [-0.2, -0.15) is 0 Å². The van der Waals surface area contributed by atoms with Crippen LogP contribution in [0.1, 0.15) is 66.7 Å². The average molecular weight is 632 g/mol. The van der Waals surface area contributed by atoms with Gasteiger partial charge in [-0.05, 0) is 53.0 Å². The van der Waals surface area contributed by atoms with Crippen LogP contribution >= 0.6 is 0 Å². The summed E-state index contributed by atoms with van der Waals surface area (Å²) in [6, 6.07) is 17.5. The van der Waals surface area contributed by atoms with Crippen molar-refractivity contribution in [2.75, 3.05) is 19.0 Å². The third-order valence-electron chi connectivity index (χ3n) is 10.2. The monoisotopic (exact) mass is 631 g/mol. The summed E-state index contributed by atoms with van der Waals surface area (Å²) in [5, 5.41) is 2.11. The standard InChI is InChI=1S/C36H42FNO6Si/c1-9-29-20(2)21(3)33(41-22(4)39)35(42-29)43-30-18-32-28(16-23(30)19-37)36(26-13-11-10-12-25(26)34(40)44-36)27-15-14-24(38(5)6)17-31(27)45(32,7)8/h10-18,20-21,29,33,35H,9,19H2,1-8H3/t20-,21+,29-,33-,35+,36?/m1/s1. The highest BCUT2D eigenvalue weighted by Gasteiger charge is 2.56. The molecule has 3 heterocycles. The van der Waals surface area contributed by atoms with Crippen LogP contribution in [0.15, 0.2) is 54.6 Å². The Morgan fingerprint density at radius 1 is 1.00 bits per heavy atom. The fraction of sp³-hybridized carbons (Fsp3) is 0.444. The summed E-state index contributed by atoms with van der Waals surface area (Å²) in [4.78, 5) is 27.6. The van der Waals surface area contributed by atoms with Crippen LogP contribution in [0.25, 0.3) is 0 Å². The molecule has 0 radical (unpaired) electrons. The second-order valence-electron chi connectivity index (χ2n) is 13.4. The molecule has 238 valence electrons. The van der Waals surface area contributed by atoms with Crippen molar-refractivity contribution in [3.63, 3.8) is 0 Å². The minimum Gasteiger partial charge on any atom is -0.460 e. The lowest BCUT2D eigenvalue weighted by Crippen LogP contribution is -2.63. The van der Waals surface area contributed by atoms with Gasteiger partial charge >= 0.3 is 11.9 Å². The summed E-state index contributed by atoms with van der Waals surface area (Å²) in [5.41, 5.74) is 3.05. The molecular formula is C36H42FNO6Si. The summed E-state index contributed by atoms with van der Waals surface area (Å²) in [7, 11) is 1.49. The molecular weight excluding hydrogens is 589 g/mol. The molecule has 0 aliphatic carbocycles. The molecule has 1 spiro atoms. The maximum absolute atomic E-state index is 15.1. The molecule has 6 atom stereocenters. The van der Waals surface area contributed by atoms with Gasteiger partial charge in [-0.3, -0.25) is 4.79 Å². The second-order valence-corrected chi connectivity index (χ2v) is 17.7. The lowest BCUT2D eigenvalue weighted by molar-refractivity contribution is -0.247. The topological polar surface area (TPSA) is 74.3 Å². The molecule has 7 nitrogen and oxygen atoms in total. The van der Waals surface area contributed by atoms with Crippen molar-refractivity contribution in [1.82, 2.24) is 0 Å². The highest BCUT2D eigenvalue weighted by atomic mass is 28.3. The maximum atomic E-state index is 15.1. The molecule has 3 aromatic rings. The molecule has 0 bridgehead atoms. The predicted octanol–water partition coefficient (Wildman–Crippen LogP) is 5.54. The zero-order valence-electron chi connectivity index (χ0n) is 27.3. The molecule has 3 aliphatic heterocycles. The number of fused-ring (bicyclic) bond motifs is 6. The number of rotatable bonds is 6. The highest BCUT2D eigenvalue weighted by Crippen LogP contribution is 2.50. The number of esters is 2. The first kappa shape index (κ1) is 31.3. The Hall–Kier alpha value is -3.69. The first-order chi connectivity index (χ1) is 21.3. The maximum Gasteiger partial charge on any atom is 0.340 e. The smallest absolute Gasteiger partial charge is 0.340 e. The molecule has 6 rings (SSSR count). The molecule has 1 unspecified atom stereocenters. The fourth-order valence-corrected chi connectivity index (χ4v) is 10.6. The summed E-state index contributed by atoms with van der Waals surface area (Å²) in [5.74, 6) is -0.391. The summed E-state index contributed by atoms with van der Waals surface area (Å²) >= 11 is 0. The molecule has 1 saturated heterocycles. The van der Waals surface area contributed by atoms with E-state index in [0.29, 0.717) is 16.9 Å². The Balaban J connectivity index is 1.56. The van der Waals surface area contributed by atoms with E-state index >= 15 is 4.39 Å². The summed E-state index contributed by atoms with van der Waals surface area (Å²) in [6.07, 6.45) is -0.917. The Kier molecular flexibility index (Phi) is 7.84. The number of halogens is 1. The lowest BCUT2D eigenvalue weighted by atomic mass is 9.78. The average Bonchev–Trinajstić information content (AvgIpc) is 3.32. The van der Waals surface area contributed by atoms with Crippen LogP contribution in [0.3, 0.4) is 0 Å². The van der Waals surface area contributed by atoms with Crippen molar-refractivity contribution in [3.05, 3.63) is 82.4 Å². The van der Waals surface area contributed by atoms with E-state index in [2.05, 4.69) is 44.0 Å². The van der Waals surface area contributed by atoms with Crippen LogP contribution in [0.2, 0.25) is 13.1 Å². The zero-order chi connectivity index (χ0) is 32.4. The highest BCUT2D eigenvalue weighted by molar-refractivity contribution is 7.01. The Morgan fingerprint density at radius 3 is 2.38 bits per heavy atom. The second kappa shape index (κ2) is 11.3. The number of carbonyl (C=O) groups excluding carboxylic acids is 2. The van der Waals surface area contributed by atoms with Gasteiger partial charge in [-0.1, -0.05) is 58.1 Å². The summed E-state index contributed by atoms with van der Waals surface area (Å²) in [6.45, 7) is 11.3. The predicted molar refractivity (Wildman–Crippen MR) is 174 cm³/mol. The van der Waals surface area contributed by atoms with E-state index in [9.17, 15) is 9.59 Å². The van der Waals surface area contributed by atoms with Crippen molar-refractivity contribution < 1.29 is 32.9 Å². The first-order valence-corrected chi connectivity index (χ1v) is 18.7. The SMILES string of the molecule is CC[C@H]1O[C@@H](Oc2cc3c(cc2CF)C2(OC(=O)c4ccccc42)c2ccc(N(C)C)cc2[Si]3(C)C)[C@H](OC(C)=O)[C@@H](C)[C@H]1C. The summed E-state index contributed by atoms with van der Waals surface area (Å²) < 4.78 is 40.2. The van der Waals surface area contributed by atoms with Crippen LogP contribution in [-0.2, 0) is 31.3 Å². The number of anilines is 1. The van der Waals surface area contributed by atoms with E-state index in [1.54, 1.807) is 6.07 Å². The van der Waals surface area contributed by atoms with Crippen molar-refractivity contribution >= 4 is 36.1 Å². The van der Waals surface area contributed by atoms with Crippen molar-refractivity contribution in [1.29, 1.82) is 0 Å². The van der Waals surface area contributed by atoms with Gasteiger partial charge in [-0.25, -0.2) is 9.18 Å². The molecule has 0 aromatic heterocycles. The number of carbonyl (C=O) groups is 2. The first-order valence-electron chi connectivity index (χ1n) is 15.7. The van der Waals surface area contributed by atoms with E-state index in [0.717, 1.165) is 39.2 Å². The van der Waals surface area contributed by atoms with E-state index in [-0.39, 0.29) is 17.9 Å². The third-order valence-corrected chi connectivity index (χ3v) is 13.7. The van der Waals surface area contributed by atoms with Crippen molar-refractivity contribution in [3.8, 4) is 5.75 Å². The van der Waals surface area contributed by atoms with E-state index < -0.39 is 44.7 Å². The molecule has 45 heavy (non-hydrogen) atoms. The third kappa shape index (κ3) is 4.77. The largest absolute Gasteiger partial charge is 0.460 e. The zero-order valence-corrected chi connectivity index (χ0v) is 28.3. The van der Waals surface area contributed by atoms with Gasteiger partial charge in [0.15, 0.2) is 11.7 Å². The van der Waals surface area contributed by atoms with Gasteiger partial charge in [0.2, 0.25) is 6.29 Å². The normalized spacial score (nSPS) is 27.7. The fourth-order valence-electron chi connectivity index (χ4n) is 7.49. The van der Waals surface area contributed by atoms with Crippen molar-refractivity contribution in [2.24, 2.45) is 11.8 Å². The van der Waals surface area contributed by atoms with Crippen LogP contribution in [0, 0.1) is 11.8 Å². The molecule has 3 aliphatic rings. The minimum absolute atomic E-state index is 0.0381. The molecule has 0 N–H and O–H groups in total. The number of benzene rings is 3. The quantitative estimate of drug-likeness (QED) is 0.261. The van der Waals surface area contributed by atoms with Gasteiger partial charge < -0.3 is 23.8 Å². The van der Waals surface area contributed by atoms with E-state index in [1.165, 1.54) is 6.92 Å². The number of nitrogens with zero attached hydrogens (tertiary/aromatic N) is 1. The van der Waals surface area contributed by atoms with Gasteiger partial charge in [0.1, 0.15) is 20.5 Å². The molecule has 9 heteroatoms. The number of alkyl halides is 1. The van der Waals surface area contributed by atoms with Crippen LogP contribution in [0.4, 0.5) is 10.1 Å². The van der Waals surface area contributed by atoms with E-state index in [1.807, 2.05) is 57.4 Å². The van der Waals surface area contributed by atoms with Crippen LogP contribution in [-0.4, -0.2) is 52.6 Å². The number of ether oxygens (including phenoxy) is 4. The van der Waals surface area contributed by atoms with Gasteiger partial charge in [-0.15, -0.1) is 0 Å². The van der Waals surface area contributed by atoms with Gasteiger partial charge in [0.05, 0.1) is 11.7 Å². The van der Waals surface area contributed by atoms with Gasteiger partial charge in [0, 0.05) is 54.9 Å². The molecule has 1 fully saturated rings. The Morgan fingerprint density at radius 2 is 1.71 bits per heavy atom. The Labute approximate surface area is 265 Å². The van der Waals surface area contributed by atoms with Gasteiger partial charge in [0.25, 0.3) is 0 Å². The molecule has 0 amide bonds. The van der Waals surface area contributed by atoms with Crippen LogP contribution in [0.5, 0.6) is 5.75 Å². The van der Waals surface area contributed by atoms with E-state index in [4.69, 9.17) is 18.9 Å². The minimum atomic E-state index is -2.51. The Bertz CT molecular complexity index is 1670. The van der Waals surface area contributed by atoms with Crippen molar-refractivity contribution in [2.45, 2.75) is 78.0 Å². The van der Waals surface area contributed by atoms with Crippen LogP contribution < -0.4 is 20.0 Å². The molecule has 0 saturated carbocycles.